The maximum Gasteiger partial charge on any atom is 0.331 e. The van der Waals surface area contributed by atoms with Gasteiger partial charge in [-0.1, -0.05) is 0 Å². The summed E-state index contributed by atoms with van der Waals surface area (Å²) in [4.78, 5) is 14.4. The van der Waals surface area contributed by atoms with E-state index in [1.807, 2.05) is 11.4 Å². The maximum atomic E-state index is 13.3. The summed E-state index contributed by atoms with van der Waals surface area (Å²) in [5.41, 5.74) is 1.37. The molecule has 1 aliphatic heterocycles. The van der Waals surface area contributed by atoms with E-state index in [2.05, 4.69) is 0 Å². The van der Waals surface area contributed by atoms with Gasteiger partial charge in [0.15, 0.2) is 6.04 Å². The van der Waals surface area contributed by atoms with E-state index in [9.17, 15) is 14.3 Å². The number of carbonyl (C=O) groups is 1. The van der Waals surface area contributed by atoms with E-state index in [1.165, 1.54) is 12.1 Å². The normalized spacial score (nSPS) is 17.1. The molecule has 0 aliphatic carbocycles. The molecule has 1 aromatic heterocycles. The van der Waals surface area contributed by atoms with Crippen LogP contribution in [-0.2, 0) is 11.2 Å². The number of aliphatic carboxylic acids is 1. The molecule has 0 amide bonds. The van der Waals surface area contributed by atoms with Crippen LogP contribution in [0.2, 0.25) is 0 Å². The minimum absolute atomic E-state index is 0.153. The number of nitriles is 1. The van der Waals surface area contributed by atoms with E-state index in [1.54, 1.807) is 22.3 Å². The molecule has 0 saturated carbocycles. The second-order valence-corrected chi connectivity index (χ2v) is 5.76. The summed E-state index contributed by atoms with van der Waals surface area (Å²) in [6.45, 7) is 0.491. The molecule has 106 valence electrons. The Labute approximate surface area is 124 Å². The number of anilines is 1. The van der Waals surface area contributed by atoms with Crippen LogP contribution in [0.25, 0.3) is 0 Å². The second-order valence-electron chi connectivity index (χ2n) is 4.76. The number of benzene rings is 1. The van der Waals surface area contributed by atoms with Crippen molar-refractivity contribution in [3.05, 3.63) is 51.5 Å². The Morgan fingerprint density at radius 2 is 2.29 bits per heavy atom. The van der Waals surface area contributed by atoms with Crippen molar-refractivity contribution in [2.24, 2.45) is 0 Å². The number of nitrogens with zero attached hydrogens (tertiary/aromatic N) is 2. The monoisotopic (exact) mass is 302 g/mol. The van der Waals surface area contributed by atoms with Crippen molar-refractivity contribution in [2.75, 3.05) is 11.4 Å². The van der Waals surface area contributed by atoms with Crippen molar-refractivity contribution in [1.82, 2.24) is 0 Å². The predicted molar refractivity (Wildman–Crippen MR) is 76.9 cm³/mol. The third kappa shape index (κ3) is 2.26. The minimum atomic E-state index is -0.970. The smallest absolute Gasteiger partial charge is 0.331 e. The number of hydrogen-bond donors (Lipinski definition) is 1. The van der Waals surface area contributed by atoms with Crippen LogP contribution in [0.1, 0.15) is 22.0 Å². The standard InChI is InChI=1S/C15H11FN2O2S/c16-10-1-2-12(9(7-10)8-17)18-5-3-13-11(4-6-21-13)14(18)15(19)20/h1-2,4,6-7,14H,3,5H2,(H,19,20). The Balaban J connectivity index is 2.11. The van der Waals surface area contributed by atoms with Crippen LogP contribution in [0.3, 0.4) is 0 Å². The zero-order chi connectivity index (χ0) is 15.0. The van der Waals surface area contributed by atoms with Crippen molar-refractivity contribution < 1.29 is 14.3 Å². The first kappa shape index (κ1) is 13.6. The van der Waals surface area contributed by atoms with Crippen molar-refractivity contribution in [2.45, 2.75) is 12.5 Å². The molecule has 1 aromatic carbocycles. The lowest BCUT2D eigenvalue weighted by molar-refractivity contribution is -0.138. The summed E-state index contributed by atoms with van der Waals surface area (Å²) >= 11 is 1.54. The molecule has 3 rings (SSSR count). The van der Waals surface area contributed by atoms with Crippen molar-refractivity contribution >= 4 is 23.0 Å². The first-order valence-corrected chi connectivity index (χ1v) is 7.25. The third-order valence-corrected chi connectivity index (χ3v) is 4.58. The van der Waals surface area contributed by atoms with Gasteiger partial charge in [-0.25, -0.2) is 9.18 Å². The average Bonchev–Trinajstić information content (AvgIpc) is 2.94. The van der Waals surface area contributed by atoms with E-state index < -0.39 is 17.8 Å². The average molecular weight is 302 g/mol. The highest BCUT2D eigenvalue weighted by atomic mass is 32.1. The van der Waals surface area contributed by atoms with Gasteiger partial charge < -0.3 is 10.0 Å². The summed E-state index contributed by atoms with van der Waals surface area (Å²) < 4.78 is 13.3. The van der Waals surface area contributed by atoms with Gasteiger partial charge in [-0.3, -0.25) is 0 Å². The highest BCUT2D eigenvalue weighted by Crippen LogP contribution is 2.37. The molecular weight excluding hydrogens is 291 g/mol. The van der Waals surface area contributed by atoms with Crippen LogP contribution < -0.4 is 4.90 Å². The number of rotatable bonds is 2. The van der Waals surface area contributed by atoms with Gasteiger partial charge in [0.25, 0.3) is 0 Å². The molecule has 0 bridgehead atoms. The molecule has 2 heterocycles. The maximum absolute atomic E-state index is 13.3. The summed E-state index contributed by atoms with van der Waals surface area (Å²) in [5, 5.41) is 20.6. The van der Waals surface area contributed by atoms with Crippen LogP contribution >= 0.6 is 11.3 Å². The summed E-state index contributed by atoms with van der Waals surface area (Å²) in [7, 11) is 0. The number of carboxylic acid groups (broad SMARTS) is 1. The van der Waals surface area contributed by atoms with E-state index in [0.29, 0.717) is 12.2 Å². The van der Waals surface area contributed by atoms with Gasteiger partial charge >= 0.3 is 5.97 Å². The molecule has 1 N–H and O–H groups in total. The zero-order valence-corrected chi connectivity index (χ0v) is 11.7. The topological polar surface area (TPSA) is 64.3 Å². The van der Waals surface area contributed by atoms with E-state index in [0.717, 1.165) is 22.9 Å². The lowest BCUT2D eigenvalue weighted by Crippen LogP contribution is -2.39. The van der Waals surface area contributed by atoms with Crippen molar-refractivity contribution in [3.63, 3.8) is 0 Å². The molecule has 1 unspecified atom stereocenters. The van der Waals surface area contributed by atoms with E-state index >= 15 is 0 Å². The molecule has 1 atom stereocenters. The van der Waals surface area contributed by atoms with Crippen molar-refractivity contribution in [3.8, 4) is 6.07 Å². The van der Waals surface area contributed by atoms with Crippen molar-refractivity contribution in [1.29, 1.82) is 5.26 Å². The predicted octanol–water partition coefficient (Wildman–Crippen LogP) is 2.95. The third-order valence-electron chi connectivity index (χ3n) is 3.59. The van der Waals surface area contributed by atoms with Gasteiger partial charge in [-0.2, -0.15) is 5.26 Å². The quantitative estimate of drug-likeness (QED) is 0.926. The zero-order valence-electron chi connectivity index (χ0n) is 10.9. The Kier molecular flexibility index (Phi) is 3.35. The van der Waals surface area contributed by atoms with Crippen LogP contribution in [0.15, 0.2) is 29.6 Å². The van der Waals surface area contributed by atoms with Gasteiger partial charge in [-0.05, 0) is 41.6 Å². The fourth-order valence-corrected chi connectivity index (χ4v) is 3.59. The van der Waals surface area contributed by atoms with Crippen LogP contribution in [0, 0.1) is 17.1 Å². The molecule has 6 heteroatoms. The molecule has 0 fully saturated rings. The lowest BCUT2D eigenvalue weighted by atomic mass is 9.98. The van der Waals surface area contributed by atoms with Gasteiger partial charge in [0.05, 0.1) is 11.3 Å². The highest BCUT2D eigenvalue weighted by molar-refractivity contribution is 7.10. The Bertz CT molecular complexity index is 750. The van der Waals surface area contributed by atoms with Gasteiger partial charge in [0, 0.05) is 11.4 Å². The molecule has 0 spiro atoms. The number of carboxylic acids is 1. The lowest BCUT2D eigenvalue weighted by Gasteiger charge is -2.35. The Morgan fingerprint density at radius 1 is 1.48 bits per heavy atom. The largest absolute Gasteiger partial charge is 0.479 e. The molecule has 2 aromatic rings. The summed E-state index contributed by atoms with van der Waals surface area (Å²) in [6.07, 6.45) is 0.721. The Morgan fingerprint density at radius 3 is 3.00 bits per heavy atom. The van der Waals surface area contributed by atoms with Gasteiger partial charge in [0.1, 0.15) is 11.9 Å². The summed E-state index contributed by atoms with van der Waals surface area (Å²) in [6, 6.07) is 6.77. The molecule has 21 heavy (non-hydrogen) atoms. The molecular formula is C15H11FN2O2S. The Hall–Kier alpha value is -2.39. The number of halogens is 1. The van der Waals surface area contributed by atoms with Gasteiger partial charge in [0.2, 0.25) is 0 Å². The van der Waals surface area contributed by atoms with Crippen LogP contribution in [0.4, 0.5) is 10.1 Å². The van der Waals surface area contributed by atoms with Crippen LogP contribution in [-0.4, -0.2) is 17.6 Å². The van der Waals surface area contributed by atoms with E-state index in [-0.39, 0.29) is 5.56 Å². The molecule has 4 nitrogen and oxygen atoms in total. The fraction of sp³-hybridized carbons (Fsp3) is 0.200. The van der Waals surface area contributed by atoms with E-state index in [4.69, 9.17) is 5.26 Å². The fourth-order valence-electron chi connectivity index (χ4n) is 2.69. The first-order chi connectivity index (χ1) is 10.1. The molecule has 0 saturated heterocycles. The summed E-state index contributed by atoms with van der Waals surface area (Å²) in [5.74, 6) is -1.47. The van der Waals surface area contributed by atoms with Gasteiger partial charge in [-0.15, -0.1) is 11.3 Å². The number of hydrogen-bond acceptors (Lipinski definition) is 4. The minimum Gasteiger partial charge on any atom is -0.479 e. The number of fused-ring (bicyclic) bond motifs is 1. The molecule has 0 radical (unpaired) electrons. The second kappa shape index (κ2) is 5.19. The first-order valence-electron chi connectivity index (χ1n) is 6.37. The van der Waals surface area contributed by atoms with Crippen LogP contribution in [0.5, 0.6) is 0 Å². The molecule has 1 aliphatic rings. The SMILES string of the molecule is N#Cc1cc(F)ccc1N1CCc2sccc2C1C(=O)O. The number of thiophene rings is 1. The highest BCUT2D eigenvalue weighted by Gasteiger charge is 2.34.